The molecule has 1 aliphatic rings. The molecule has 8 nitrogen and oxygen atoms in total. The van der Waals surface area contributed by atoms with Gasteiger partial charge in [-0.15, -0.1) is 12.4 Å². The maximum atomic E-state index is 12.7. The van der Waals surface area contributed by atoms with Crippen LogP contribution in [0.4, 0.5) is 5.69 Å². The summed E-state index contributed by atoms with van der Waals surface area (Å²) in [5.74, 6) is -0.179. The van der Waals surface area contributed by atoms with Crippen molar-refractivity contribution in [2.24, 2.45) is 12.8 Å². The van der Waals surface area contributed by atoms with Crippen molar-refractivity contribution in [3.05, 3.63) is 46.1 Å². The summed E-state index contributed by atoms with van der Waals surface area (Å²) in [6.45, 7) is 0. The number of aryl methyl sites for hydroxylation is 1. The lowest BCUT2D eigenvalue weighted by Crippen LogP contribution is -2.40. The summed E-state index contributed by atoms with van der Waals surface area (Å²) < 4.78 is 1.57. The first-order chi connectivity index (χ1) is 11.9. The molecule has 0 radical (unpaired) electrons. The highest BCUT2D eigenvalue weighted by Gasteiger charge is 2.23. The number of nitro benzene ring substituents is 1. The Morgan fingerprint density at radius 3 is 2.46 bits per heavy atom. The predicted octanol–water partition coefficient (Wildman–Crippen LogP) is 2.42. The van der Waals surface area contributed by atoms with E-state index in [4.69, 9.17) is 5.73 Å². The second-order valence-electron chi connectivity index (χ2n) is 6.45. The van der Waals surface area contributed by atoms with E-state index in [0.29, 0.717) is 16.8 Å². The first kappa shape index (κ1) is 19.9. The first-order valence-corrected chi connectivity index (χ1v) is 8.29. The molecule has 1 aromatic carbocycles. The van der Waals surface area contributed by atoms with Crippen LogP contribution >= 0.6 is 12.4 Å². The van der Waals surface area contributed by atoms with Crippen LogP contribution in [0.1, 0.15) is 36.0 Å². The van der Waals surface area contributed by atoms with Gasteiger partial charge in [0.1, 0.15) is 5.69 Å². The number of amides is 1. The van der Waals surface area contributed by atoms with Crippen molar-refractivity contribution in [1.29, 1.82) is 0 Å². The number of aromatic nitrogens is 2. The van der Waals surface area contributed by atoms with Crippen molar-refractivity contribution in [3.8, 4) is 11.3 Å². The molecule has 26 heavy (non-hydrogen) atoms. The minimum Gasteiger partial charge on any atom is -0.349 e. The number of nitrogens with zero attached hydrogens (tertiary/aromatic N) is 3. The summed E-state index contributed by atoms with van der Waals surface area (Å²) >= 11 is 0. The van der Waals surface area contributed by atoms with Crippen LogP contribution in [0.3, 0.4) is 0 Å². The van der Waals surface area contributed by atoms with Crippen LogP contribution in [-0.4, -0.2) is 32.7 Å². The lowest BCUT2D eigenvalue weighted by Gasteiger charge is -2.26. The molecule has 3 rings (SSSR count). The average molecular weight is 380 g/mol. The molecule has 0 unspecified atom stereocenters. The lowest BCUT2D eigenvalue weighted by molar-refractivity contribution is -0.384. The molecule has 0 bridgehead atoms. The molecule has 1 heterocycles. The molecule has 1 aromatic heterocycles. The SMILES string of the molecule is Cl.Cn1cc(C(=O)NC2CCC(N)CC2)c(-c2ccc([N+](=O)[O-])cc2)n1. The third-order valence-corrected chi connectivity index (χ3v) is 4.53. The van der Waals surface area contributed by atoms with Gasteiger partial charge < -0.3 is 11.1 Å². The van der Waals surface area contributed by atoms with E-state index in [1.54, 1.807) is 30.1 Å². The van der Waals surface area contributed by atoms with Crippen molar-refractivity contribution in [3.63, 3.8) is 0 Å². The van der Waals surface area contributed by atoms with Gasteiger partial charge in [-0.2, -0.15) is 5.10 Å². The Labute approximate surface area is 157 Å². The Hall–Kier alpha value is -2.45. The summed E-state index contributed by atoms with van der Waals surface area (Å²) in [6, 6.07) is 6.38. The highest BCUT2D eigenvalue weighted by molar-refractivity contribution is 6.00. The Bertz CT molecular complexity index is 782. The smallest absolute Gasteiger partial charge is 0.269 e. The molecular formula is C17H22ClN5O3. The number of hydrogen-bond acceptors (Lipinski definition) is 5. The van der Waals surface area contributed by atoms with Crippen LogP contribution in [0, 0.1) is 10.1 Å². The quantitative estimate of drug-likeness (QED) is 0.625. The Kier molecular flexibility index (Phi) is 6.33. The number of nitrogens with one attached hydrogen (secondary N) is 1. The largest absolute Gasteiger partial charge is 0.349 e. The molecule has 0 saturated heterocycles. The molecular weight excluding hydrogens is 358 g/mol. The van der Waals surface area contributed by atoms with Crippen molar-refractivity contribution < 1.29 is 9.72 Å². The number of rotatable bonds is 4. The van der Waals surface area contributed by atoms with Gasteiger partial charge in [0.05, 0.1) is 10.5 Å². The predicted molar refractivity (Wildman–Crippen MR) is 100 cm³/mol. The van der Waals surface area contributed by atoms with Gasteiger partial charge in [-0.1, -0.05) is 0 Å². The number of hydrogen-bond donors (Lipinski definition) is 2. The van der Waals surface area contributed by atoms with Crippen LogP contribution in [-0.2, 0) is 7.05 Å². The van der Waals surface area contributed by atoms with Gasteiger partial charge in [0.15, 0.2) is 0 Å². The number of benzene rings is 1. The fraction of sp³-hybridized carbons (Fsp3) is 0.412. The second kappa shape index (κ2) is 8.29. The summed E-state index contributed by atoms with van der Waals surface area (Å²) in [5, 5.41) is 18.2. The number of nitro groups is 1. The van der Waals surface area contributed by atoms with Crippen LogP contribution in [0.2, 0.25) is 0 Å². The van der Waals surface area contributed by atoms with E-state index in [1.165, 1.54) is 12.1 Å². The van der Waals surface area contributed by atoms with E-state index in [9.17, 15) is 14.9 Å². The van der Waals surface area contributed by atoms with E-state index >= 15 is 0 Å². The van der Waals surface area contributed by atoms with Crippen molar-refractivity contribution in [2.75, 3.05) is 0 Å². The molecule has 0 spiro atoms. The molecule has 1 saturated carbocycles. The Morgan fingerprint density at radius 1 is 1.27 bits per heavy atom. The summed E-state index contributed by atoms with van der Waals surface area (Å²) in [4.78, 5) is 23.0. The fourth-order valence-electron chi connectivity index (χ4n) is 3.14. The van der Waals surface area contributed by atoms with Gasteiger partial charge in [0, 0.05) is 43.0 Å². The topological polar surface area (TPSA) is 116 Å². The van der Waals surface area contributed by atoms with Crippen LogP contribution in [0.25, 0.3) is 11.3 Å². The zero-order valence-corrected chi connectivity index (χ0v) is 15.2. The molecule has 140 valence electrons. The fourth-order valence-corrected chi connectivity index (χ4v) is 3.14. The van der Waals surface area contributed by atoms with E-state index in [2.05, 4.69) is 10.4 Å². The molecule has 1 amide bonds. The highest BCUT2D eigenvalue weighted by Crippen LogP contribution is 2.25. The minimum absolute atomic E-state index is 0. The molecule has 1 fully saturated rings. The van der Waals surface area contributed by atoms with Gasteiger partial charge in [-0.25, -0.2) is 0 Å². The third-order valence-electron chi connectivity index (χ3n) is 4.53. The molecule has 3 N–H and O–H groups in total. The standard InChI is InChI=1S/C17H21N5O3.ClH/c1-21-10-15(17(23)19-13-6-4-12(18)5-7-13)16(20-21)11-2-8-14(9-3-11)22(24)25;/h2-3,8-10,12-13H,4-7,18H2,1H3,(H,19,23);1H. The highest BCUT2D eigenvalue weighted by atomic mass is 35.5. The molecule has 1 aliphatic carbocycles. The van der Waals surface area contributed by atoms with Gasteiger partial charge in [0.25, 0.3) is 11.6 Å². The third kappa shape index (κ3) is 4.39. The van der Waals surface area contributed by atoms with Gasteiger partial charge in [-0.05, 0) is 37.8 Å². The van der Waals surface area contributed by atoms with E-state index in [0.717, 1.165) is 25.7 Å². The van der Waals surface area contributed by atoms with E-state index in [1.807, 2.05) is 0 Å². The zero-order valence-electron chi connectivity index (χ0n) is 14.4. The van der Waals surface area contributed by atoms with Crippen LogP contribution in [0.5, 0.6) is 0 Å². The number of nitrogens with two attached hydrogens (primary N) is 1. The minimum atomic E-state index is -0.455. The lowest BCUT2D eigenvalue weighted by atomic mass is 9.91. The van der Waals surface area contributed by atoms with Gasteiger partial charge in [0.2, 0.25) is 0 Å². The van der Waals surface area contributed by atoms with Crippen LogP contribution in [0.15, 0.2) is 30.5 Å². The molecule has 2 aromatic rings. The second-order valence-corrected chi connectivity index (χ2v) is 6.45. The Balaban J connectivity index is 0.00000243. The van der Waals surface area contributed by atoms with Crippen molar-refractivity contribution >= 4 is 24.0 Å². The Morgan fingerprint density at radius 2 is 1.88 bits per heavy atom. The maximum absolute atomic E-state index is 12.7. The first-order valence-electron chi connectivity index (χ1n) is 8.29. The number of halogens is 1. The monoisotopic (exact) mass is 379 g/mol. The molecule has 9 heteroatoms. The van der Waals surface area contributed by atoms with E-state index in [-0.39, 0.29) is 36.1 Å². The normalized spacial score (nSPS) is 19.5. The average Bonchev–Trinajstić information content (AvgIpc) is 2.99. The molecule has 0 aliphatic heterocycles. The number of carbonyl (C=O) groups is 1. The van der Waals surface area contributed by atoms with E-state index < -0.39 is 4.92 Å². The maximum Gasteiger partial charge on any atom is 0.269 e. The van der Waals surface area contributed by atoms with Gasteiger partial charge >= 0.3 is 0 Å². The zero-order chi connectivity index (χ0) is 18.0. The van der Waals surface area contributed by atoms with Crippen LogP contribution < -0.4 is 11.1 Å². The van der Waals surface area contributed by atoms with Crippen molar-refractivity contribution in [2.45, 2.75) is 37.8 Å². The number of non-ortho nitro benzene ring substituents is 1. The van der Waals surface area contributed by atoms with Gasteiger partial charge in [-0.3, -0.25) is 19.6 Å². The summed E-state index contributed by atoms with van der Waals surface area (Å²) in [6.07, 6.45) is 5.24. The summed E-state index contributed by atoms with van der Waals surface area (Å²) in [7, 11) is 1.74. The number of carbonyl (C=O) groups excluding carboxylic acids is 1. The van der Waals surface area contributed by atoms with Crippen molar-refractivity contribution in [1.82, 2.24) is 15.1 Å². The summed E-state index contributed by atoms with van der Waals surface area (Å²) in [5.41, 5.74) is 7.55. The molecule has 0 atom stereocenters.